The summed E-state index contributed by atoms with van der Waals surface area (Å²) in [6.07, 6.45) is 7.78. The van der Waals surface area contributed by atoms with Gasteiger partial charge in [0.15, 0.2) is 0 Å². The van der Waals surface area contributed by atoms with Crippen LogP contribution < -0.4 is 9.75 Å². The van der Waals surface area contributed by atoms with E-state index in [2.05, 4.69) is 17.0 Å². The van der Waals surface area contributed by atoms with Gasteiger partial charge in [-0.1, -0.05) is 13.3 Å². The van der Waals surface area contributed by atoms with Gasteiger partial charge in [-0.15, -0.1) is 0 Å². The monoisotopic (exact) mass is 312 g/mol. The first-order chi connectivity index (χ1) is 11.3. The molecule has 1 amide bonds. The Labute approximate surface area is 135 Å². The Morgan fingerprint density at radius 2 is 2.09 bits per heavy atom. The largest absolute Gasteiger partial charge is 0.494 e. The van der Waals surface area contributed by atoms with Crippen molar-refractivity contribution in [2.45, 2.75) is 32.7 Å². The normalized spacial score (nSPS) is 14.2. The van der Waals surface area contributed by atoms with Gasteiger partial charge in [-0.2, -0.15) is 5.10 Å². The van der Waals surface area contributed by atoms with Gasteiger partial charge in [0.2, 0.25) is 0 Å². The van der Waals surface area contributed by atoms with Crippen LogP contribution in [0.1, 0.15) is 26.2 Å². The molecule has 0 radical (unpaired) electrons. The van der Waals surface area contributed by atoms with Gasteiger partial charge >= 0.3 is 0 Å². The second-order valence-corrected chi connectivity index (χ2v) is 5.48. The molecule has 1 aromatic carbocycles. The molecule has 0 spiro atoms. The number of carbonyl (C=O) groups is 1. The van der Waals surface area contributed by atoms with E-state index >= 15 is 0 Å². The summed E-state index contributed by atoms with van der Waals surface area (Å²) in [5.41, 5.74) is 1.59. The Morgan fingerprint density at radius 3 is 2.78 bits per heavy atom. The van der Waals surface area contributed by atoms with Gasteiger partial charge < -0.3 is 9.30 Å². The lowest BCUT2D eigenvalue weighted by atomic mass is 10.2. The summed E-state index contributed by atoms with van der Waals surface area (Å²) in [7, 11) is 0. The van der Waals surface area contributed by atoms with Crippen molar-refractivity contribution in [1.29, 1.82) is 0 Å². The summed E-state index contributed by atoms with van der Waals surface area (Å²) in [5.74, 6) is 0.802. The minimum atomic E-state index is -0.0141. The molecule has 0 unspecified atom stereocenters. The van der Waals surface area contributed by atoms with Crippen LogP contribution in [0.4, 0.5) is 5.69 Å². The van der Waals surface area contributed by atoms with Crippen LogP contribution in [0.2, 0.25) is 0 Å². The van der Waals surface area contributed by atoms with Crippen LogP contribution in [0.15, 0.2) is 48.1 Å². The van der Waals surface area contributed by atoms with Gasteiger partial charge in [0.05, 0.1) is 37.3 Å². The average Bonchev–Trinajstić information content (AvgIpc) is 3.18. The summed E-state index contributed by atoms with van der Waals surface area (Å²) in [5, 5.41) is 5.89. The first-order valence-corrected chi connectivity index (χ1v) is 7.84. The van der Waals surface area contributed by atoms with Crippen molar-refractivity contribution in [3.63, 3.8) is 0 Å². The first kappa shape index (κ1) is 15.3. The molecular weight excluding hydrogens is 292 g/mol. The third-order valence-corrected chi connectivity index (χ3v) is 3.61. The molecule has 6 heteroatoms. The number of imidazole rings is 1. The number of anilines is 1. The van der Waals surface area contributed by atoms with Crippen LogP contribution >= 0.6 is 0 Å². The van der Waals surface area contributed by atoms with Crippen molar-refractivity contribution in [2.75, 3.05) is 11.6 Å². The summed E-state index contributed by atoms with van der Waals surface area (Å²) in [4.78, 5) is 16.2. The highest BCUT2D eigenvalue weighted by atomic mass is 16.5. The second kappa shape index (κ2) is 7.09. The predicted octanol–water partition coefficient (Wildman–Crippen LogP) is 2.85. The standard InChI is InChI=1S/C17H20N4O2/c1-2-3-10-23-16-6-4-15(5-7-16)21-17(22)11-14(19-21)12-20-9-8-18-13-20/h4-9,13H,2-3,10-12H2,1H3. The summed E-state index contributed by atoms with van der Waals surface area (Å²) in [6.45, 7) is 3.43. The van der Waals surface area contributed by atoms with Crippen molar-refractivity contribution in [3.8, 4) is 5.75 Å². The number of amides is 1. The fourth-order valence-corrected chi connectivity index (χ4v) is 2.38. The number of aromatic nitrogens is 2. The zero-order chi connectivity index (χ0) is 16.1. The maximum atomic E-state index is 12.2. The summed E-state index contributed by atoms with van der Waals surface area (Å²) >= 11 is 0. The predicted molar refractivity (Wildman–Crippen MR) is 88.6 cm³/mol. The number of nitrogens with zero attached hydrogens (tertiary/aromatic N) is 4. The molecule has 0 atom stereocenters. The number of benzene rings is 1. The summed E-state index contributed by atoms with van der Waals surface area (Å²) in [6, 6.07) is 7.48. The van der Waals surface area contributed by atoms with Crippen molar-refractivity contribution >= 4 is 17.3 Å². The van der Waals surface area contributed by atoms with E-state index in [1.54, 1.807) is 12.5 Å². The van der Waals surface area contributed by atoms with Gasteiger partial charge in [0.1, 0.15) is 5.75 Å². The molecule has 1 aromatic heterocycles. The Kier molecular flexibility index (Phi) is 4.71. The van der Waals surface area contributed by atoms with Crippen molar-refractivity contribution in [2.24, 2.45) is 5.10 Å². The maximum absolute atomic E-state index is 12.2. The van der Waals surface area contributed by atoms with E-state index in [9.17, 15) is 4.79 Å². The lowest BCUT2D eigenvalue weighted by Gasteiger charge is -2.12. The lowest BCUT2D eigenvalue weighted by Crippen LogP contribution is -2.19. The molecule has 0 N–H and O–H groups in total. The molecule has 0 aliphatic carbocycles. The maximum Gasteiger partial charge on any atom is 0.253 e. The molecule has 1 aliphatic heterocycles. The zero-order valence-electron chi connectivity index (χ0n) is 13.2. The smallest absolute Gasteiger partial charge is 0.253 e. The highest BCUT2D eigenvalue weighted by Gasteiger charge is 2.25. The molecule has 1 aliphatic rings. The highest BCUT2D eigenvalue weighted by molar-refractivity contribution is 6.12. The molecule has 2 heterocycles. The van der Waals surface area contributed by atoms with Crippen molar-refractivity contribution < 1.29 is 9.53 Å². The first-order valence-electron chi connectivity index (χ1n) is 7.84. The van der Waals surface area contributed by atoms with Gasteiger partial charge in [-0.25, -0.2) is 9.99 Å². The van der Waals surface area contributed by atoms with Crippen LogP contribution in [0.25, 0.3) is 0 Å². The second-order valence-electron chi connectivity index (χ2n) is 5.48. The van der Waals surface area contributed by atoms with E-state index < -0.39 is 0 Å². The lowest BCUT2D eigenvalue weighted by molar-refractivity contribution is -0.116. The minimum Gasteiger partial charge on any atom is -0.494 e. The van der Waals surface area contributed by atoms with E-state index in [1.165, 1.54) is 5.01 Å². The van der Waals surface area contributed by atoms with E-state index in [0.717, 1.165) is 30.0 Å². The fourth-order valence-electron chi connectivity index (χ4n) is 2.38. The van der Waals surface area contributed by atoms with E-state index in [1.807, 2.05) is 35.0 Å². The molecule has 0 saturated heterocycles. The zero-order valence-corrected chi connectivity index (χ0v) is 13.2. The third-order valence-electron chi connectivity index (χ3n) is 3.61. The third kappa shape index (κ3) is 3.77. The number of carbonyl (C=O) groups excluding carboxylic acids is 1. The van der Waals surface area contributed by atoms with E-state index in [4.69, 9.17) is 4.74 Å². The molecule has 2 aromatic rings. The van der Waals surface area contributed by atoms with E-state index in [0.29, 0.717) is 19.6 Å². The molecule has 0 fully saturated rings. The molecular formula is C17H20N4O2. The molecule has 3 rings (SSSR count). The average molecular weight is 312 g/mol. The van der Waals surface area contributed by atoms with E-state index in [-0.39, 0.29) is 5.91 Å². The number of hydrogen-bond acceptors (Lipinski definition) is 4. The molecule has 23 heavy (non-hydrogen) atoms. The minimum absolute atomic E-state index is 0.0141. The van der Waals surface area contributed by atoms with Gasteiger partial charge in [-0.3, -0.25) is 4.79 Å². The topological polar surface area (TPSA) is 59.7 Å². The highest BCUT2D eigenvalue weighted by Crippen LogP contribution is 2.24. The van der Waals surface area contributed by atoms with Crippen molar-refractivity contribution in [3.05, 3.63) is 43.0 Å². The van der Waals surface area contributed by atoms with Crippen LogP contribution in [0.3, 0.4) is 0 Å². The number of rotatable bonds is 7. The Morgan fingerprint density at radius 1 is 1.26 bits per heavy atom. The Bertz CT molecular complexity index is 677. The molecule has 6 nitrogen and oxygen atoms in total. The van der Waals surface area contributed by atoms with Gasteiger partial charge in [0, 0.05) is 12.4 Å². The Balaban J connectivity index is 1.66. The molecule has 120 valence electrons. The quantitative estimate of drug-likeness (QED) is 0.739. The number of hydrazone groups is 1. The van der Waals surface area contributed by atoms with Gasteiger partial charge in [0.25, 0.3) is 5.91 Å². The Hall–Kier alpha value is -2.63. The van der Waals surface area contributed by atoms with Crippen LogP contribution in [0, 0.1) is 0 Å². The fraction of sp³-hybridized carbons (Fsp3) is 0.353. The van der Waals surface area contributed by atoms with Crippen LogP contribution in [-0.4, -0.2) is 27.8 Å². The molecule has 0 saturated carbocycles. The molecule has 0 bridgehead atoms. The van der Waals surface area contributed by atoms with Crippen LogP contribution in [0.5, 0.6) is 5.75 Å². The number of hydrogen-bond donors (Lipinski definition) is 0. The SMILES string of the molecule is CCCCOc1ccc(N2N=C(Cn3ccnc3)CC2=O)cc1. The number of ether oxygens (including phenoxy) is 1. The van der Waals surface area contributed by atoms with Crippen LogP contribution in [-0.2, 0) is 11.3 Å². The van der Waals surface area contributed by atoms with Crippen molar-refractivity contribution in [1.82, 2.24) is 9.55 Å². The number of unbranched alkanes of at least 4 members (excludes halogenated alkanes) is 1. The van der Waals surface area contributed by atoms with Gasteiger partial charge in [-0.05, 0) is 30.7 Å². The summed E-state index contributed by atoms with van der Waals surface area (Å²) < 4.78 is 7.54.